The van der Waals surface area contributed by atoms with Crippen molar-refractivity contribution in [2.45, 2.75) is 18.7 Å². The molecule has 1 aromatic carbocycles. The molecule has 0 spiro atoms. The number of piperazine rings is 1. The lowest BCUT2D eigenvalue weighted by Gasteiger charge is -2.37. The molecular weight excluding hydrogens is 290 g/mol. The smallest absolute Gasteiger partial charge is 0.269 e. The Balaban J connectivity index is 1.67. The molecule has 6 heteroatoms. The van der Waals surface area contributed by atoms with Crippen molar-refractivity contribution in [1.29, 1.82) is 0 Å². The van der Waals surface area contributed by atoms with E-state index < -0.39 is 0 Å². The van der Waals surface area contributed by atoms with Crippen molar-refractivity contribution in [1.82, 2.24) is 4.90 Å². The van der Waals surface area contributed by atoms with Crippen LogP contribution in [0.4, 0.5) is 11.4 Å². The van der Waals surface area contributed by atoms with Crippen LogP contribution >= 0.6 is 11.6 Å². The van der Waals surface area contributed by atoms with E-state index in [1.54, 1.807) is 12.1 Å². The van der Waals surface area contributed by atoms with Gasteiger partial charge in [-0.15, -0.1) is 11.6 Å². The SMILES string of the molecule is O=[N+]([O-])c1ccc(N2CCN(CC3CC3)CC2)c(CCl)c1. The lowest BCUT2D eigenvalue weighted by molar-refractivity contribution is -0.384. The Hall–Kier alpha value is -1.33. The molecule has 1 heterocycles. The molecule has 0 bridgehead atoms. The molecule has 0 radical (unpaired) electrons. The van der Waals surface area contributed by atoms with Crippen LogP contribution in [0.1, 0.15) is 18.4 Å². The van der Waals surface area contributed by atoms with Crippen LogP contribution in [0.2, 0.25) is 0 Å². The zero-order valence-electron chi connectivity index (χ0n) is 12.0. The molecule has 2 aliphatic rings. The summed E-state index contributed by atoms with van der Waals surface area (Å²) in [5.74, 6) is 1.23. The van der Waals surface area contributed by atoms with E-state index in [1.165, 1.54) is 19.4 Å². The van der Waals surface area contributed by atoms with E-state index >= 15 is 0 Å². The van der Waals surface area contributed by atoms with Gasteiger partial charge in [0, 0.05) is 56.4 Å². The maximum atomic E-state index is 10.9. The third kappa shape index (κ3) is 3.47. The first-order valence-corrected chi connectivity index (χ1v) is 8.01. The number of rotatable bonds is 5. The van der Waals surface area contributed by atoms with Crippen LogP contribution in [0.15, 0.2) is 18.2 Å². The van der Waals surface area contributed by atoms with Gasteiger partial charge >= 0.3 is 0 Å². The molecule has 0 amide bonds. The third-order valence-electron chi connectivity index (χ3n) is 4.34. The van der Waals surface area contributed by atoms with Gasteiger partial charge in [-0.3, -0.25) is 15.0 Å². The Bertz CT molecular complexity index is 526. The summed E-state index contributed by atoms with van der Waals surface area (Å²) in [7, 11) is 0. The third-order valence-corrected chi connectivity index (χ3v) is 4.63. The fraction of sp³-hybridized carbons (Fsp3) is 0.600. The van der Waals surface area contributed by atoms with Gasteiger partial charge in [0.05, 0.1) is 4.92 Å². The molecular formula is C15H20ClN3O2. The van der Waals surface area contributed by atoms with Crippen LogP contribution in [0.25, 0.3) is 0 Å². The lowest BCUT2D eigenvalue weighted by Crippen LogP contribution is -2.47. The highest BCUT2D eigenvalue weighted by Crippen LogP contribution is 2.31. The van der Waals surface area contributed by atoms with Gasteiger partial charge in [0.25, 0.3) is 5.69 Å². The molecule has 1 aliphatic carbocycles. The first-order valence-electron chi connectivity index (χ1n) is 7.48. The molecule has 0 N–H and O–H groups in total. The number of nitro benzene ring substituents is 1. The minimum atomic E-state index is -0.368. The summed E-state index contributed by atoms with van der Waals surface area (Å²) in [5.41, 5.74) is 2.00. The summed E-state index contributed by atoms with van der Waals surface area (Å²) in [5, 5.41) is 10.9. The highest BCUT2D eigenvalue weighted by atomic mass is 35.5. The fourth-order valence-electron chi connectivity index (χ4n) is 2.94. The van der Waals surface area contributed by atoms with Gasteiger partial charge in [0.15, 0.2) is 0 Å². The molecule has 0 unspecified atom stereocenters. The zero-order chi connectivity index (χ0) is 14.8. The molecule has 0 atom stereocenters. The molecule has 3 rings (SSSR count). The van der Waals surface area contributed by atoms with E-state index in [4.69, 9.17) is 11.6 Å². The Morgan fingerprint density at radius 2 is 1.95 bits per heavy atom. The van der Waals surface area contributed by atoms with Crippen molar-refractivity contribution >= 4 is 23.0 Å². The lowest BCUT2D eigenvalue weighted by atomic mass is 10.1. The van der Waals surface area contributed by atoms with Crippen LogP contribution in [0, 0.1) is 16.0 Å². The number of benzene rings is 1. The van der Waals surface area contributed by atoms with Crippen molar-refractivity contribution in [2.75, 3.05) is 37.6 Å². The Kier molecular flexibility index (Phi) is 4.31. The summed E-state index contributed by atoms with van der Waals surface area (Å²) in [6, 6.07) is 5.01. The molecule has 1 aliphatic heterocycles. The molecule has 1 saturated heterocycles. The molecule has 21 heavy (non-hydrogen) atoms. The number of hydrogen-bond acceptors (Lipinski definition) is 4. The minimum absolute atomic E-state index is 0.113. The van der Waals surface area contributed by atoms with Gasteiger partial charge in [-0.2, -0.15) is 0 Å². The number of anilines is 1. The van der Waals surface area contributed by atoms with E-state index in [0.717, 1.165) is 43.3 Å². The van der Waals surface area contributed by atoms with Gasteiger partial charge in [-0.1, -0.05) is 0 Å². The molecule has 114 valence electrons. The second kappa shape index (κ2) is 6.20. The predicted octanol–water partition coefficient (Wildman–Crippen LogP) is 2.87. The van der Waals surface area contributed by atoms with E-state index in [-0.39, 0.29) is 10.6 Å². The summed E-state index contributed by atoms with van der Waals surface area (Å²) in [6.45, 7) is 5.30. The molecule has 1 aromatic rings. The summed E-state index contributed by atoms with van der Waals surface area (Å²) >= 11 is 5.97. The van der Waals surface area contributed by atoms with E-state index in [9.17, 15) is 10.1 Å². The number of hydrogen-bond donors (Lipinski definition) is 0. The summed E-state index contributed by atoms with van der Waals surface area (Å²) in [6.07, 6.45) is 2.78. The van der Waals surface area contributed by atoms with Gasteiger partial charge < -0.3 is 4.90 Å². The highest BCUT2D eigenvalue weighted by molar-refractivity contribution is 6.17. The predicted molar refractivity (Wildman–Crippen MR) is 84.0 cm³/mol. The van der Waals surface area contributed by atoms with E-state index in [0.29, 0.717) is 5.88 Å². The second-order valence-electron chi connectivity index (χ2n) is 5.93. The van der Waals surface area contributed by atoms with Crippen LogP contribution < -0.4 is 4.90 Å². The fourth-order valence-corrected chi connectivity index (χ4v) is 3.15. The topological polar surface area (TPSA) is 49.6 Å². The van der Waals surface area contributed by atoms with Crippen LogP contribution in [0.3, 0.4) is 0 Å². The van der Waals surface area contributed by atoms with Gasteiger partial charge in [-0.05, 0) is 30.4 Å². The van der Waals surface area contributed by atoms with Crippen molar-refractivity contribution in [3.63, 3.8) is 0 Å². The van der Waals surface area contributed by atoms with E-state index in [1.807, 2.05) is 6.07 Å². The first-order chi connectivity index (χ1) is 10.2. The number of alkyl halides is 1. The number of nitrogens with zero attached hydrogens (tertiary/aromatic N) is 3. The average molecular weight is 310 g/mol. The Labute approximate surface area is 129 Å². The van der Waals surface area contributed by atoms with Crippen LogP contribution in [-0.4, -0.2) is 42.5 Å². The van der Waals surface area contributed by atoms with Gasteiger partial charge in [-0.25, -0.2) is 0 Å². The molecule has 1 saturated carbocycles. The van der Waals surface area contributed by atoms with Crippen molar-refractivity contribution in [3.05, 3.63) is 33.9 Å². The zero-order valence-corrected chi connectivity index (χ0v) is 12.8. The molecule has 5 nitrogen and oxygen atoms in total. The van der Waals surface area contributed by atoms with Crippen LogP contribution in [0.5, 0.6) is 0 Å². The van der Waals surface area contributed by atoms with Crippen molar-refractivity contribution < 1.29 is 4.92 Å². The van der Waals surface area contributed by atoms with Crippen molar-refractivity contribution in [2.24, 2.45) is 5.92 Å². The molecule has 0 aromatic heterocycles. The standard InChI is InChI=1S/C15H20ClN3O2/c16-10-13-9-14(19(20)21)3-4-15(13)18-7-5-17(6-8-18)11-12-1-2-12/h3-4,9,12H,1-2,5-8,10-11H2. The average Bonchev–Trinajstić information content (AvgIpc) is 3.31. The molecule has 2 fully saturated rings. The maximum Gasteiger partial charge on any atom is 0.269 e. The summed E-state index contributed by atoms with van der Waals surface area (Å²) < 4.78 is 0. The number of nitro groups is 1. The highest BCUT2D eigenvalue weighted by Gasteiger charge is 2.27. The van der Waals surface area contributed by atoms with Crippen molar-refractivity contribution in [3.8, 4) is 0 Å². The minimum Gasteiger partial charge on any atom is -0.369 e. The Morgan fingerprint density at radius 1 is 1.24 bits per heavy atom. The summed E-state index contributed by atoms with van der Waals surface area (Å²) in [4.78, 5) is 15.3. The maximum absolute atomic E-state index is 10.9. The largest absolute Gasteiger partial charge is 0.369 e. The van der Waals surface area contributed by atoms with Gasteiger partial charge in [0.1, 0.15) is 0 Å². The Morgan fingerprint density at radius 3 is 2.52 bits per heavy atom. The van der Waals surface area contributed by atoms with Crippen LogP contribution in [-0.2, 0) is 5.88 Å². The first kappa shape index (κ1) is 14.6. The second-order valence-corrected chi connectivity index (χ2v) is 6.20. The normalized spacial score (nSPS) is 19.8. The number of halogens is 1. The van der Waals surface area contributed by atoms with Gasteiger partial charge in [0.2, 0.25) is 0 Å². The van der Waals surface area contributed by atoms with E-state index in [2.05, 4.69) is 9.80 Å². The monoisotopic (exact) mass is 309 g/mol. The number of non-ortho nitro benzene ring substituents is 1. The quantitative estimate of drug-likeness (QED) is 0.477.